The number of carbonyl (C=O) groups excluding carboxylic acids is 2. The van der Waals surface area contributed by atoms with Crippen molar-refractivity contribution >= 4 is 12.1 Å². The lowest BCUT2D eigenvalue weighted by atomic mass is 9.86. The number of nitrogens with zero attached hydrogens (tertiary/aromatic N) is 1. The second kappa shape index (κ2) is 7.66. The van der Waals surface area contributed by atoms with Crippen LogP contribution < -0.4 is 0 Å². The number of ether oxygens (including phenoxy) is 3. The Kier molecular flexibility index (Phi) is 5.35. The minimum Gasteiger partial charge on any atom is -0.463 e. The van der Waals surface area contributed by atoms with Crippen LogP contribution in [0.2, 0.25) is 0 Å². The number of piperidine rings is 3. The summed E-state index contributed by atoms with van der Waals surface area (Å²) in [6.45, 7) is 4.81. The molecule has 0 aliphatic carbocycles. The van der Waals surface area contributed by atoms with E-state index in [1.807, 2.05) is 6.07 Å². The van der Waals surface area contributed by atoms with Gasteiger partial charge < -0.3 is 14.2 Å². The number of benzene rings is 1. The smallest absolute Gasteiger partial charge is 0.463 e. The number of rotatable bonds is 5. The number of fused-ring (bicyclic) bond motifs is 3. The molecule has 6 nitrogen and oxygen atoms in total. The van der Waals surface area contributed by atoms with Gasteiger partial charge in [0.05, 0.1) is 6.61 Å². The highest BCUT2D eigenvalue weighted by atomic mass is 16.7. The van der Waals surface area contributed by atoms with Gasteiger partial charge in [0.2, 0.25) is 6.10 Å². The van der Waals surface area contributed by atoms with E-state index < -0.39 is 18.2 Å². The fourth-order valence-corrected chi connectivity index (χ4v) is 3.39. The molecule has 0 saturated carbocycles. The summed E-state index contributed by atoms with van der Waals surface area (Å²) in [6.07, 6.45) is 0.0181. The second-order valence-electron chi connectivity index (χ2n) is 6.20. The molecule has 3 aliphatic rings. The van der Waals surface area contributed by atoms with Crippen molar-refractivity contribution in [3.8, 4) is 0 Å². The van der Waals surface area contributed by atoms with Gasteiger partial charge in [0.15, 0.2) is 0 Å². The van der Waals surface area contributed by atoms with E-state index in [-0.39, 0.29) is 12.7 Å². The predicted molar refractivity (Wildman–Crippen MR) is 86.3 cm³/mol. The first kappa shape index (κ1) is 16.8. The van der Waals surface area contributed by atoms with Crippen molar-refractivity contribution in [1.29, 1.82) is 0 Å². The van der Waals surface area contributed by atoms with Crippen molar-refractivity contribution in [2.45, 2.75) is 32.0 Å². The zero-order valence-electron chi connectivity index (χ0n) is 13.8. The molecule has 0 N–H and O–H groups in total. The number of esters is 1. The molecule has 2 bridgehead atoms. The molecule has 3 aliphatic heterocycles. The maximum absolute atomic E-state index is 12.2. The largest absolute Gasteiger partial charge is 0.509 e. The second-order valence-corrected chi connectivity index (χ2v) is 6.20. The lowest BCUT2D eigenvalue weighted by molar-refractivity contribution is -0.156. The highest BCUT2D eigenvalue weighted by molar-refractivity contribution is 5.79. The third-order valence-electron chi connectivity index (χ3n) is 4.66. The molecule has 0 spiro atoms. The van der Waals surface area contributed by atoms with Crippen LogP contribution in [0.4, 0.5) is 4.79 Å². The average Bonchev–Trinajstić information content (AvgIpc) is 2.61. The highest BCUT2D eigenvalue weighted by Crippen LogP contribution is 2.30. The van der Waals surface area contributed by atoms with Crippen LogP contribution in [0.5, 0.6) is 0 Å². The van der Waals surface area contributed by atoms with E-state index >= 15 is 0 Å². The molecule has 24 heavy (non-hydrogen) atoms. The Labute approximate surface area is 141 Å². The summed E-state index contributed by atoms with van der Waals surface area (Å²) in [5.41, 5.74) is 0.571. The quantitative estimate of drug-likeness (QED) is 0.772. The van der Waals surface area contributed by atoms with Crippen molar-refractivity contribution < 1.29 is 23.8 Å². The molecule has 0 amide bonds. The van der Waals surface area contributed by atoms with E-state index in [4.69, 9.17) is 14.2 Å². The van der Waals surface area contributed by atoms with E-state index in [9.17, 15) is 9.59 Å². The lowest BCUT2D eigenvalue weighted by Gasteiger charge is -2.43. The zero-order chi connectivity index (χ0) is 16.9. The van der Waals surface area contributed by atoms with E-state index in [2.05, 4.69) is 4.90 Å². The van der Waals surface area contributed by atoms with Gasteiger partial charge in [0.1, 0.15) is 6.10 Å². The minimum absolute atomic E-state index is 0.154. The lowest BCUT2D eigenvalue weighted by Crippen LogP contribution is -2.52. The molecular weight excluding hydrogens is 310 g/mol. The summed E-state index contributed by atoms with van der Waals surface area (Å²) in [5, 5.41) is 0. The van der Waals surface area contributed by atoms with Crippen molar-refractivity contribution in [3.63, 3.8) is 0 Å². The van der Waals surface area contributed by atoms with Crippen LogP contribution in [0.3, 0.4) is 0 Å². The molecule has 3 fully saturated rings. The van der Waals surface area contributed by atoms with Crippen LogP contribution in [0.15, 0.2) is 30.3 Å². The summed E-state index contributed by atoms with van der Waals surface area (Å²) in [6, 6.07) is 8.84. The summed E-state index contributed by atoms with van der Waals surface area (Å²) >= 11 is 0. The minimum atomic E-state index is -1.10. The van der Waals surface area contributed by atoms with Crippen molar-refractivity contribution in [2.24, 2.45) is 5.92 Å². The molecule has 0 radical (unpaired) electrons. The van der Waals surface area contributed by atoms with Crippen molar-refractivity contribution in [2.75, 3.05) is 26.2 Å². The average molecular weight is 333 g/mol. The maximum atomic E-state index is 12.2. The summed E-state index contributed by atoms with van der Waals surface area (Å²) < 4.78 is 15.8. The maximum Gasteiger partial charge on any atom is 0.509 e. The van der Waals surface area contributed by atoms with E-state index in [0.717, 1.165) is 32.5 Å². The molecule has 1 aromatic rings. The molecule has 4 rings (SSSR count). The third-order valence-corrected chi connectivity index (χ3v) is 4.66. The van der Waals surface area contributed by atoms with Crippen molar-refractivity contribution in [1.82, 2.24) is 4.90 Å². The third kappa shape index (κ3) is 3.87. The van der Waals surface area contributed by atoms with Gasteiger partial charge in [-0.3, -0.25) is 4.90 Å². The Balaban J connectivity index is 1.63. The first-order valence-corrected chi connectivity index (χ1v) is 8.48. The fourth-order valence-electron chi connectivity index (χ4n) is 3.39. The summed E-state index contributed by atoms with van der Waals surface area (Å²) in [4.78, 5) is 26.6. The first-order valence-electron chi connectivity index (χ1n) is 8.48. The van der Waals surface area contributed by atoms with Crippen LogP contribution in [-0.4, -0.2) is 49.4 Å². The van der Waals surface area contributed by atoms with E-state index in [0.29, 0.717) is 11.5 Å². The Morgan fingerprint density at radius 1 is 1.21 bits per heavy atom. The van der Waals surface area contributed by atoms with Crippen molar-refractivity contribution in [3.05, 3.63) is 35.9 Å². The summed E-state index contributed by atoms with van der Waals surface area (Å²) in [5.74, 6) is -0.199. The van der Waals surface area contributed by atoms with Gasteiger partial charge in [0, 0.05) is 12.1 Å². The molecule has 130 valence electrons. The van der Waals surface area contributed by atoms with Crippen LogP contribution in [0, 0.1) is 5.92 Å². The van der Waals surface area contributed by atoms with Gasteiger partial charge in [-0.25, -0.2) is 9.59 Å². The van der Waals surface area contributed by atoms with Gasteiger partial charge in [0.25, 0.3) is 0 Å². The number of hydrogen-bond donors (Lipinski definition) is 0. The predicted octanol–water partition coefficient (Wildman–Crippen LogP) is 2.54. The Bertz CT molecular complexity index is 568. The molecule has 2 unspecified atom stereocenters. The van der Waals surface area contributed by atoms with E-state index in [1.54, 1.807) is 31.2 Å². The topological polar surface area (TPSA) is 65.1 Å². The molecule has 1 aromatic carbocycles. The molecule has 2 atom stereocenters. The first-order chi connectivity index (χ1) is 11.7. The summed E-state index contributed by atoms with van der Waals surface area (Å²) in [7, 11) is 0. The Hall–Kier alpha value is -2.08. The Morgan fingerprint density at radius 2 is 1.92 bits per heavy atom. The Morgan fingerprint density at radius 3 is 2.50 bits per heavy atom. The van der Waals surface area contributed by atoms with E-state index in [1.165, 1.54) is 0 Å². The molecule has 6 heteroatoms. The molecule has 3 saturated heterocycles. The van der Waals surface area contributed by atoms with Gasteiger partial charge >= 0.3 is 12.1 Å². The molecule has 0 aromatic heterocycles. The monoisotopic (exact) mass is 333 g/mol. The van der Waals surface area contributed by atoms with Gasteiger partial charge in [-0.2, -0.15) is 0 Å². The SMILES string of the molecule is CCOC(=O)C(OC(=O)OC1CN2CCC1CC2)c1ccccc1. The zero-order valence-corrected chi connectivity index (χ0v) is 13.8. The van der Waals surface area contributed by atoms with Gasteiger partial charge in [-0.1, -0.05) is 30.3 Å². The van der Waals surface area contributed by atoms with Crippen LogP contribution in [0.1, 0.15) is 31.4 Å². The van der Waals surface area contributed by atoms with Crippen LogP contribution >= 0.6 is 0 Å². The normalized spacial score (nSPS) is 26.5. The van der Waals surface area contributed by atoms with Crippen LogP contribution in [-0.2, 0) is 19.0 Å². The van der Waals surface area contributed by atoms with Gasteiger partial charge in [-0.15, -0.1) is 0 Å². The fraction of sp³-hybridized carbons (Fsp3) is 0.556. The molecular formula is C18H23NO5. The van der Waals surface area contributed by atoms with Gasteiger partial charge in [-0.05, 0) is 38.8 Å². The number of hydrogen-bond acceptors (Lipinski definition) is 6. The highest BCUT2D eigenvalue weighted by Gasteiger charge is 2.37. The van der Waals surface area contributed by atoms with Crippen LogP contribution in [0.25, 0.3) is 0 Å². The molecule has 3 heterocycles. The number of carbonyl (C=O) groups is 2. The standard InChI is InChI=1S/C18H23NO5/c1-2-22-17(20)16(14-6-4-3-5-7-14)24-18(21)23-15-12-19-10-8-13(15)9-11-19/h3-7,13,15-16H,2,8-12H2,1H3.